The van der Waals surface area contributed by atoms with Crippen LogP contribution in [0.15, 0.2) is 30.3 Å². The number of benzene rings is 1. The van der Waals surface area contributed by atoms with E-state index in [0.717, 1.165) is 5.01 Å². The van der Waals surface area contributed by atoms with Crippen LogP contribution in [-0.4, -0.2) is 29.7 Å². The smallest absolute Gasteiger partial charge is 0.288 e. The van der Waals surface area contributed by atoms with E-state index in [4.69, 9.17) is 0 Å². The molecule has 0 bridgehead atoms. The number of hydrazine groups is 1. The number of nitrogens with one attached hydrogen (secondary N) is 1. The van der Waals surface area contributed by atoms with E-state index >= 15 is 0 Å². The van der Waals surface area contributed by atoms with Gasteiger partial charge in [-0.05, 0) is 25.8 Å². The zero-order valence-electron chi connectivity index (χ0n) is 11.4. The number of nitrogens with zero attached hydrogens (tertiary/aromatic N) is 1. The van der Waals surface area contributed by atoms with Crippen molar-refractivity contribution in [2.75, 3.05) is 6.54 Å². The highest BCUT2D eigenvalue weighted by Crippen LogP contribution is 2.32. The van der Waals surface area contributed by atoms with E-state index in [0.29, 0.717) is 5.56 Å². The van der Waals surface area contributed by atoms with Gasteiger partial charge in [0.25, 0.3) is 0 Å². The normalized spacial score (nSPS) is 20.8. The first-order valence-electron chi connectivity index (χ1n) is 6.38. The third kappa shape index (κ3) is 3.12. The fourth-order valence-corrected chi connectivity index (χ4v) is 2.25. The number of rotatable bonds is 3. The number of alkyl halides is 3. The summed E-state index contributed by atoms with van der Waals surface area (Å²) in [5.74, 6) is -0.375. The quantitative estimate of drug-likeness (QED) is 0.926. The van der Waals surface area contributed by atoms with Gasteiger partial charge in [-0.1, -0.05) is 30.3 Å². The molecule has 1 aromatic rings. The van der Waals surface area contributed by atoms with E-state index in [1.165, 1.54) is 0 Å². The number of halogens is 3. The highest BCUT2D eigenvalue weighted by molar-refractivity contribution is 5.83. The predicted molar refractivity (Wildman–Crippen MR) is 68.6 cm³/mol. The summed E-state index contributed by atoms with van der Waals surface area (Å²) in [6.07, 6.45) is -4.58. The van der Waals surface area contributed by atoms with Gasteiger partial charge in [0.1, 0.15) is 6.04 Å². The summed E-state index contributed by atoms with van der Waals surface area (Å²) < 4.78 is 39.7. The maximum atomic E-state index is 13.2. The first kappa shape index (κ1) is 14.8. The van der Waals surface area contributed by atoms with Crippen LogP contribution in [0.25, 0.3) is 0 Å². The Morgan fingerprint density at radius 3 is 2.35 bits per heavy atom. The van der Waals surface area contributed by atoms with Crippen molar-refractivity contribution in [3.8, 4) is 0 Å². The number of carbonyl (C=O) groups excluding carboxylic acids is 1. The first-order chi connectivity index (χ1) is 9.20. The van der Waals surface area contributed by atoms with Crippen LogP contribution in [-0.2, 0) is 11.2 Å². The van der Waals surface area contributed by atoms with Crippen LogP contribution in [0.4, 0.5) is 13.2 Å². The molecule has 0 aromatic heterocycles. The summed E-state index contributed by atoms with van der Waals surface area (Å²) in [6, 6.07) is 6.76. The molecule has 110 valence electrons. The second kappa shape index (κ2) is 5.09. The molecule has 0 aliphatic carbocycles. The molecule has 2 rings (SSSR count). The highest BCUT2D eigenvalue weighted by atomic mass is 19.4. The molecule has 3 nitrogen and oxygen atoms in total. The van der Waals surface area contributed by atoms with Gasteiger partial charge in [0.05, 0.1) is 5.41 Å². The molecule has 1 fully saturated rings. The molecule has 1 amide bonds. The predicted octanol–water partition coefficient (Wildman–Crippen LogP) is 2.53. The minimum atomic E-state index is -4.40. The zero-order valence-corrected chi connectivity index (χ0v) is 11.4. The Morgan fingerprint density at radius 1 is 1.30 bits per heavy atom. The minimum Gasteiger partial charge on any atom is -0.288 e. The van der Waals surface area contributed by atoms with Crippen LogP contribution in [0.1, 0.15) is 19.4 Å². The monoisotopic (exact) mass is 286 g/mol. The lowest BCUT2D eigenvalue weighted by Crippen LogP contribution is -2.51. The summed E-state index contributed by atoms with van der Waals surface area (Å²) in [4.78, 5) is 11.7. The maximum absolute atomic E-state index is 13.2. The lowest BCUT2D eigenvalue weighted by Gasteiger charge is -2.29. The Bertz CT molecular complexity index is 485. The van der Waals surface area contributed by atoms with E-state index in [1.807, 2.05) is 0 Å². The van der Waals surface area contributed by atoms with Crippen LogP contribution in [0, 0.1) is 5.41 Å². The number of amides is 1. The van der Waals surface area contributed by atoms with Gasteiger partial charge in [0.2, 0.25) is 5.91 Å². The van der Waals surface area contributed by atoms with Gasteiger partial charge < -0.3 is 0 Å². The van der Waals surface area contributed by atoms with E-state index in [-0.39, 0.29) is 18.9 Å². The summed E-state index contributed by atoms with van der Waals surface area (Å²) in [5, 5.41) is 1.01. The van der Waals surface area contributed by atoms with Gasteiger partial charge in [-0.25, -0.2) is 5.01 Å². The van der Waals surface area contributed by atoms with Crippen molar-refractivity contribution in [1.82, 2.24) is 10.4 Å². The van der Waals surface area contributed by atoms with Crippen LogP contribution in [0.5, 0.6) is 0 Å². The molecule has 6 heteroatoms. The molecule has 1 aliphatic heterocycles. The van der Waals surface area contributed by atoms with Crippen LogP contribution in [0.2, 0.25) is 0 Å². The molecule has 0 unspecified atom stereocenters. The average molecular weight is 286 g/mol. The standard InChI is InChI=1S/C14H17F3N2O/c1-13(2)9-19(18-12(13)20)11(14(15,16)17)8-10-6-4-3-5-7-10/h3-7,11H,8-9H2,1-2H3,(H,18,20)/t11-/m0/s1. The summed E-state index contributed by atoms with van der Waals surface area (Å²) in [7, 11) is 0. The van der Waals surface area contributed by atoms with Crippen molar-refractivity contribution in [2.24, 2.45) is 5.41 Å². The number of hydrogen-bond donors (Lipinski definition) is 1. The van der Waals surface area contributed by atoms with Gasteiger partial charge in [0, 0.05) is 6.54 Å². The molecule has 0 radical (unpaired) electrons. The minimum absolute atomic E-state index is 0.0445. The van der Waals surface area contributed by atoms with E-state index in [9.17, 15) is 18.0 Å². The Morgan fingerprint density at radius 2 is 1.90 bits per heavy atom. The topological polar surface area (TPSA) is 32.3 Å². The molecule has 20 heavy (non-hydrogen) atoms. The second-order valence-electron chi connectivity index (χ2n) is 5.70. The van der Waals surface area contributed by atoms with Crippen molar-refractivity contribution in [1.29, 1.82) is 0 Å². The molecule has 0 saturated carbocycles. The lowest BCUT2D eigenvalue weighted by molar-refractivity contribution is -0.188. The van der Waals surface area contributed by atoms with Gasteiger partial charge in [-0.2, -0.15) is 13.2 Å². The Labute approximate surface area is 115 Å². The maximum Gasteiger partial charge on any atom is 0.406 e. The number of carbonyl (C=O) groups is 1. The number of hydrogen-bond acceptors (Lipinski definition) is 2. The van der Waals surface area contributed by atoms with Gasteiger partial charge in [-0.3, -0.25) is 10.2 Å². The molecule has 1 saturated heterocycles. The molecular formula is C14H17F3N2O. The lowest BCUT2D eigenvalue weighted by atomic mass is 9.94. The Balaban J connectivity index is 2.20. The van der Waals surface area contributed by atoms with Crippen molar-refractivity contribution in [3.63, 3.8) is 0 Å². The third-order valence-corrected chi connectivity index (χ3v) is 3.45. The van der Waals surface area contributed by atoms with Crippen molar-refractivity contribution in [2.45, 2.75) is 32.5 Å². The van der Waals surface area contributed by atoms with Gasteiger partial charge in [-0.15, -0.1) is 0 Å². The molecular weight excluding hydrogens is 269 g/mol. The Kier molecular flexibility index (Phi) is 3.77. The molecule has 1 aliphatic rings. The first-order valence-corrected chi connectivity index (χ1v) is 6.38. The summed E-state index contributed by atoms with van der Waals surface area (Å²) in [5.41, 5.74) is 2.13. The van der Waals surface area contributed by atoms with E-state index in [2.05, 4.69) is 5.43 Å². The van der Waals surface area contributed by atoms with Gasteiger partial charge in [0.15, 0.2) is 0 Å². The second-order valence-corrected chi connectivity index (χ2v) is 5.70. The SMILES string of the molecule is CC1(C)CN([C@@H](Cc2ccccc2)C(F)(F)F)NC1=O. The van der Waals surface area contributed by atoms with Gasteiger partial charge >= 0.3 is 6.18 Å². The van der Waals surface area contributed by atoms with Crippen LogP contribution < -0.4 is 5.43 Å². The van der Waals surface area contributed by atoms with Crippen molar-refractivity contribution in [3.05, 3.63) is 35.9 Å². The largest absolute Gasteiger partial charge is 0.406 e. The van der Waals surface area contributed by atoms with Crippen LogP contribution >= 0.6 is 0 Å². The fourth-order valence-electron chi connectivity index (χ4n) is 2.25. The molecule has 1 N–H and O–H groups in total. The zero-order chi connectivity index (χ0) is 15.0. The fraction of sp³-hybridized carbons (Fsp3) is 0.500. The molecule has 1 aromatic carbocycles. The average Bonchev–Trinajstić information content (AvgIpc) is 2.60. The summed E-state index contributed by atoms with van der Waals surface area (Å²) in [6.45, 7) is 3.32. The highest BCUT2D eigenvalue weighted by Gasteiger charge is 2.50. The molecule has 1 heterocycles. The van der Waals surface area contributed by atoms with E-state index in [1.54, 1.807) is 44.2 Å². The van der Waals surface area contributed by atoms with Crippen molar-refractivity contribution < 1.29 is 18.0 Å². The Hall–Kier alpha value is -1.56. The molecule has 0 spiro atoms. The van der Waals surface area contributed by atoms with Crippen molar-refractivity contribution >= 4 is 5.91 Å². The van der Waals surface area contributed by atoms with E-state index < -0.39 is 17.6 Å². The third-order valence-electron chi connectivity index (χ3n) is 3.45. The summed E-state index contributed by atoms with van der Waals surface area (Å²) >= 11 is 0. The molecule has 1 atom stereocenters. The van der Waals surface area contributed by atoms with Crippen LogP contribution in [0.3, 0.4) is 0 Å².